The minimum absolute atomic E-state index is 0.172. The number of benzene rings is 1. The summed E-state index contributed by atoms with van der Waals surface area (Å²) in [5, 5.41) is 7.74. The van der Waals surface area contributed by atoms with Crippen molar-refractivity contribution in [3.8, 4) is 0 Å². The Labute approximate surface area is 100 Å². The molecule has 0 aliphatic carbocycles. The van der Waals surface area contributed by atoms with Crippen LogP contribution < -0.4 is 0 Å². The number of ketones is 1. The number of carbonyl (C=O) groups is 2. The molecule has 17 heavy (non-hydrogen) atoms. The number of hydrogen-bond acceptors (Lipinski definition) is 4. The van der Waals surface area contributed by atoms with Gasteiger partial charge >= 0.3 is 5.97 Å². The highest BCUT2D eigenvalue weighted by atomic mass is 16.5. The highest BCUT2D eigenvalue weighted by molar-refractivity contribution is 6.43. The maximum Gasteiger partial charge on any atom is 0.356 e. The van der Waals surface area contributed by atoms with Crippen molar-refractivity contribution in [2.45, 2.75) is 20.8 Å². The summed E-state index contributed by atoms with van der Waals surface area (Å²) in [4.78, 5) is 22.9. The average molecular weight is 233 g/mol. The van der Waals surface area contributed by atoms with Crippen LogP contribution in [0.5, 0.6) is 0 Å². The van der Waals surface area contributed by atoms with E-state index in [4.69, 9.17) is 10.1 Å². The van der Waals surface area contributed by atoms with E-state index < -0.39 is 5.97 Å². The Morgan fingerprint density at radius 3 is 2.47 bits per heavy atom. The Kier molecular flexibility index (Phi) is 4.15. The molecule has 1 rings (SSSR count). The van der Waals surface area contributed by atoms with E-state index in [9.17, 15) is 9.59 Å². The van der Waals surface area contributed by atoms with Crippen molar-refractivity contribution in [2.24, 2.45) is 0 Å². The smallest absolute Gasteiger partial charge is 0.356 e. The Morgan fingerprint density at radius 2 is 1.94 bits per heavy atom. The number of nitrogens with one attached hydrogen (secondary N) is 1. The van der Waals surface area contributed by atoms with E-state index in [1.807, 2.05) is 6.92 Å². The number of ether oxygens (including phenoxy) is 1. The van der Waals surface area contributed by atoms with E-state index in [-0.39, 0.29) is 18.1 Å². The third-order valence-electron chi connectivity index (χ3n) is 2.30. The summed E-state index contributed by atoms with van der Waals surface area (Å²) in [6.07, 6.45) is 0. The maximum atomic E-state index is 11.5. The van der Waals surface area contributed by atoms with Crippen molar-refractivity contribution in [3.05, 3.63) is 34.9 Å². The average Bonchev–Trinajstić information content (AvgIpc) is 2.27. The number of hydrogen-bond donors (Lipinski definition) is 1. The molecule has 0 atom stereocenters. The molecule has 0 fully saturated rings. The molecule has 0 spiro atoms. The van der Waals surface area contributed by atoms with E-state index in [1.54, 1.807) is 25.1 Å². The van der Waals surface area contributed by atoms with Gasteiger partial charge in [0.2, 0.25) is 0 Å². The van der Waals surface area contributed by atoms with Crippen LogP contribution in [0.4, 0.5) is 0 Å². The third kappa shape index (κ3) is 3.00. The first-order valence-corrected chi connectivity index (χ1v) is 5.35. The van der Waals surface area contributed by atoms with Crippen LogP contribution in [-0.4, -0.2) is 24.1 Å². The van der Waals surface area contributed by atoms with Crippen LogP contribution >= 0.6 is 0 Å². The third-order valence-corrected chi connectivity index (χ3v) is 2.30. The number of rotatable bonds is 4. The van der Waals surface area contributed by atoms with Gasteiger partial charge in [-0.3, -0.25) is 10.2 Å². The zero-order valence-electron chi connectivity index (χ0n) is 10.2. The second-order valence-corrected chi connectivity index (χ2v) is 3.70. The van der Waals surface area contributed by atoms with Crippen molar-refractivity contribution >= 4 is 17.5 Å². The van der Waals surface area contributed by atoms with Gasteiger partial charge in [-0.25, -0.2) is 4.79 Å². The fourth-order valence-electron chi connectivity index (χ4n) is 1.49. The molecule has 0 bridgehead atoms. The molecular formula is C13H15NO3. The number of aryl methyl sites for hydroxylation is 1. The lowest BCUT2D eigenvalue weighted by Crippen LogP contribution is -2.20. The van der Waals surface area contributed by atoms with Crippen molar-refractivity contribution in [3.63, 3.8) is 0 Å². The topological polar surface area (TPSA) is 67.2 Å². The molecule has 0 heterocycles. The molecule has 4 heteroatoms. The fourth-order valence-corrected chi connectivity index (χ4v) is 1.49. The molecule has 0 amide bonds. The van der Waals surface area contributed by atoms with Gasteiger partial charge in [0.1, 0.15) is 5.71 Å². The van der Waals surface area contributed by atoms with E-state index in [0.29, 0.717) is 11.1 Å². The Bertz CT molecular complexity index is 478. The molecule has 0 radical (unpaired) electrons. The second kappa shape index (κ2) is 5.39. The van der Waals surface area contributed by atoms with Crippen LogP contribution in [0.25, 0.3) is 0 Å². The van der Waals surface area contributed by atoms with E-state index in [0.717, 1.165) is 5.56 Å². The van der Waals surface area contributed by atoms with Crippen LogP contribution in [0.15, 0.2) is 18.2 Å². The van der Waals surface area contributed by atoms with Gasteiger partial charge in [0.15, 0.2) is 5.78 Å². The number of Topliss-reactive ketones (excluding diaryl/α,β-unsaturated/α-hetero) is 1. The molecule has 0 unspecified atom stereocenters. The lowest BCUT2D eigenvalue weighted by molar-refractivity contribution is -0.135. The summed E-state index contributed by atoms with van der Waals surface area (Å²) < 4.78 is 4.76. The molecular weight excluding hydrogens is 218 g/mol. The van der Waals surface area contributed by atoms with Gasteiger partial charge in [-0.1, -0.05) is 17.7 Å². The lowest BCUT2D eigenvalue weighted by Gasteiger charge is -2.08. The van der Waals surface area contributed by atoms with E-state index in [2.05, 4.69) is 0 Å². The van der Waals surface area contributed by atoms with Gasteiger partial charge in [-0.2, -0.15) is 0 Å². The highest BCUT2D eigenvalue weighted by Gasteiger charge is 2.18. The van der Waals surface area contributed by atoms with E-state index >= 15 is 0 Å². The molecule has 90 valence electrons. The monoisotopic (exact) mass is 233 g/mol. The molecule has 1 aromatic carbocycles. The van der Waals surface area contributed by atoms with Crippen LogP contribution in [-0.2, 0) is 9.53 Å². The van der Waals surface area contributed by atoms with Crippen molar-refractivity contribution in [1.82, 2.24) is 0 Å². The van der Waals surface area contributed by atoms with Gasteiger partial charge in [0, 0.05) is 11.1 Å². The molecule has 0 saturated heterocycles. The first-order chi connectivity index (χ1) is 7.97. The molecule has 1 N–H and O–H groups in total. The quantitative estimate of drug-likeness (QED) is 0.492. The summed E-state index contributed by atoms with van der Waals surface area (Å²) in [5.41, 5.74) is 1.31. The van der Waals surface area contributed by atoms with Crippen molar-refractivity contribution < 1.29 is 14.3 Å². The fraction of sp³-hybridized carbons (Fsp3) is 0.308. The lowest BCUT2D eigenvalue weighted by atomic mass is 9.98. The number of carbonyl (C=O) groups excluding carboxylic acids is 2. The first kappa shape index (κ1) is 13.1. The van der Waals surface area contributed by atoms with Crippen molar-refractivity contribution in [2.75, 3.05) is 6.61 Å². The molecule has 0 aliphatic rings. The molecule has 0 aliphatic heterocycles. The first-order valence-electron chi connectivity index (χ1n) is 5.35. The van der Waals surface area contributed by atoms with Crippen LogP contribution in [0.3, 0.4) is 0 Å². The SMILES string of the molecule is CCOC(=O)C(=N)c1cc(C)ccc1C(C)=O. The molecule has 4 nitrogen and oxygen atoms in total. The normalized spacial score (nSPS) is 9.82. The van der Waals surface area contributed by atoms with Gasteiger partial charge < -0.3 is 4.74 Å². The zero-order valence-corrected chi connectivity index (χ0v) is 10.2. The van der Waals surface area contributed by atoms with Gasteiger partial charge in [0.25, 0.3) is 0 Å². The molecule has 0 saturated carbocycles. The van der Waals surface area contributed by atoms with Gasteiger partial charge in [-0.15, -0.1) is 0 Å². The van der Waals surface area contributed by atoms with Gasteiger partial charge in [0.05, 0.1) is 6.61 Å². The largest absolute Gasteiger partial charge is 0.461 e. The standard InChI is InChI=1S/C13H15NO3/c1-4-17-13(16)12(14)11-7-8(2)5-6-10(11)9(3)15/h5-7,14H,4H2,1-3H3. The second-order valence-electron chi connectivity index (χ2n) is 3.70. The van der Waals surface area contributed by atoms with Crippen LogP contribution in [0, 0.1) is 12.3 Å². The van der Waals surface area contributed by atoms with Gasteiger partial charge in [-0.05, 0) is 26.8 Å². The van der Waals surface area contributed by atoms with Crippen LogP contribution in [0.2, 0.25) is 0 Å². The van der Waals surface area contributed by atoms with Crippen molar-refractivity contribution in [1.29, 1.82) is 5.41 Å². The maximum absolute atomic E-state index is 11.5. The predicted molar refractivity (Wildman–Crippen MR) is 64.6 cm³/mol. The Morgan fingerprint density at radius 1 is 1.29 bits per heavy atom. The Balaban J connectivity index is 3.19. The van der Waals surface area contributed by atoms with E-state index in [1.165, 1.54) is 6.92 Å². The summed E-state index contributed by atoms with van der Waals surface area (Å²) >= 11 is 0. The summed E-state index contributed by atoms with van der Waals surface area (Å²) in [6, 6.07) is 5.05. The Hall–Kier alpha value is -1.97. The molecule has 1 aromatic rings. The zero-order chi connectivity index (χ0) is 13.0. The highest BCUT2D eigenvalue weighted by Crippen LogP contribution is 2.14. The minimum Gasteiger partial charge on any atom is -0.461 e. The minimum atomic E-state index is -0.708. The molecule has 0 aromatic heterocycles. The predicted octanol–water partition coefficient (Wildman–Crippen LogP) is 2.13. The summed E-state index contributed by atoms with van der Waals surface area (Å²) in [5.74, 6) is -0.880. The summed E-state index contributed by atoms with van der Waals surface area (Å²) in [7, 11) is 0. The van der Waals surface area contributed by atoms with Crippen LogP contribution in [0.1, 0.15) is 35.3 Å². The summed E-state index contributed by atoms with van der Waals surface area (Å²) in [6.45, 7) is 5.13. The number of esters is 1.